The molecule has 0 aliphatic carbocycles. The summed E-state index contributed by atoms with van der Waals surface area (Å²) in [6, 6.07) is 11.8. The molecule has 0 unspecified atom stereocenters. The van der Waals surface area contributed by atoms with Crippen LogP contribution in [0.1, 0.15) is 29.2 Å². The van der Waals surface area contributed by atoms with E-state index in [1.807, 2.05) is 0 Å². The lowest BCUT2D eigenvalue weighted by molar-refractivity contribution is 0.0316. The van der Waals surface area contributed by atoms with Crippen LogP contribution >= 0.6 is 0 Å². The molecular formula is C19H18N2O5. The maximum Gasteiger partial charge on any atom is 0.342 e. The number of nitrogens with zero attached hydrogens (tertiary/aromatic N) is 1. The SMILES string of the molecule is COc1ccc(C(=O)O[C@@H](C)c2nc3ccccc3c(=O)[nH]2)c(OC)c1. The number of ether oxygens (including phenoxy) is 3. The fraction of sp³-hybridized carbons (Fsp3) is 0.211. The van der Waals surface area contributed by atoms with Gasteiger partial charge in [-0.3, -0.25) is 4.79 Å². The van der Waals surface area contributed by atoms with Gasteiger partial charge in [0.2, 0.25) is 0 Å². The Morgan fingerprint density at radius 1 is 1.12 bits per heavy atom. The van der Waals surface area contributed by atoms with Gasteiger partial charge in [0.05, 0.1) is 25.1 Å². The zero-order chi connectivity index (χ0) is 18.7. The summed E-state index contributed by atoms with van der Waals surface area (Å²) in [5.41, 5.74) is 0.509. The van der Waals surface area contributed by atoms with Crippen LogP contribution in [-0.2, 0) is 4.74 Å². The van der Waals surface area contributed by atoms with Crippen molar-refractivity contribution in [1.82, 2.24) is 9.97 Å². The van der Waals surface area contributed by atoms with Crippen LogP contribution in [0.2, 0.25) is 0 Å². The Balaban J connectivity index is 1.87. The zero-order valence-electron chi connectivity index (χ0n) is 14.6. The number of nitrogens with one attached hydrogen (secondary N) is 1. The molecule has 26 heavy (non-hydrogen) atoms. The first-order chi connectivity index (χ1) is 12.5. The van der Waals surface area contributed by atoms with Crippen LogP contribution in [0.3, 0.4) is 0 Å². The highest BCUT2D eigenvalue weighted by Gasteiger charge is 2.20. The lowest BCUT2D eigenvalue weighted by atomic mass is 10.2. The molecule has 1 atom stereocenters. The van der Waals surface area contributed by atoms with Crippen molar-refractivity contribution in [3.8, 4) is 11.5 Å². The van der Waals surface area contributed by atoms with E-state index < -0.39 is 12.1 Å². The molecule has 2 aromatic carbocycles. The molecule has 7 nitrogen and oxygen atoms in total. The van der Waals surface area contributed by atoms with Crippen molar-refractivity contribution in [1.29, 1.82) is 0 Å². The third kappa shape index (κ3) is 3.37. The molecule has 3 rings (SSSR count). The van der Waals surface area contributed by atoms with Crippen molar-refractivity contribution in [2.24, 2.45) is 0 Å². The minimum absolute atomic E-state index is 0.253. The van der Waals surface area contributed by atoms with E-state index in [9.17, 15) is 9.59 Å². The molecule has 134 valence electrons. The molecule has 0 aliphatic heterocycles. The quantitative estimate of drug-likeness (QED) is 0.709. The molecule has 7 heteroatoms. The minimum atomic E-state index is -0.744. The highest BCUT2D eigenvalue weighted by atomic mass is 16.5. The summed E-state index contributed by atoms with van der Waals surface area (Å²) in [6.45, 7) is 1.64. The van der Waals surface area contributed by atoms with Crippen LogP contribution in [0.5, 0.6) is 11.5 Å². The number of carbonyl (C=O) groups excluding carboxylic acids is 1. The molecule has 0 spiro atoms. The van der Waals surface area contributed by atoms with E-state index in [1.54, 1.807) is 49.4 Å². The third-order valence-corrected chi connectivity index (χ3v) is 3.93. The van der Waals surface area contributed by atoms with E-state index in [1.165, 1.54) is 14.2 Å². The van der Waals surface area contributed by atoms with Crippen LogP contribution in [0.15, 0.2) is 47.3 Å². The average molecular weight is 354 g/mol. The lowest BCUT2D eigenvalue weighted by Crippen LogP contribution is -2.17. The number of fused-ring (bicyclic) bond motifs is 1. The zero-order valence-corrected chi connectivity index (χ0v) is 14.6. The van der Waals surface area contributed by atoms with Gasteiger partial charge in [-0.05, 0) is 31.2 Å². The van der Waals surface area contributed by atoms with Gasteiger partial charge in [-0.25, -0.2) is 9.78 Å². The second-order valence-electron chi connectivity index (χ2n) is 5.58. The highest BCUT2D eigenvalue weighted by Crippen LogP contribution is 2.26. The fourth-order valence-corrected chi connectivity index (χ4v) is 2.54. The molecular weight excluding hydrogens is 336 g/mol. The average Bonchev–Trinajstić information content (AvgIpc) is 2.67. The van der Waals surface area contributed by atoms with Gasteiger partial charge in [0.25, 0.3) is 5.56 Å². The number of rotatable bonds is 5. The number of hydrogen-bond donors (Lipinski definition) is 1. The predicted octanol–water partition coefficient (Wildman–Crippen LogP) is 2.86. The number of H-pyrrole nitrogens is 1. The normalized spacial score (nSPS) is 11.8. The largest absolute Gasteiger partial charge is 0.497 e. The third-order valence-electron chi connectivity index (χ3n) is 3.93. The fourth-order valence-electron chi connectivity index (χ4n) is 2.54. The maximum absolute atomic E-state index is 12.5. The molecule has 0 bridgehead atoms. The molecule has 1 aromatic heterocycles. The van der Waals surface area contributed by atoms with Crippen LogP contribution in [0.4, 0.5) is 0 Å². The van der Waals surface area contributed by atoms with E-state index in [4.69, 9.17) is 14.2 Å². The molecule has 3 aromatic rings. The molecule has 1 heterocycles. The first kappa shape index (κ1) is 17.5. The summed E-state index contributed by atoms with van der Waals surface area (Å²) in [5.74, 6) is 0.579. The summed E-state index contributed by atoms with van der Waals surface area (Å²) in [7, 11) is 2.98. The van der Waals surface area contributed by atoms with Crippen molar-refractivity contribution >= 4 is 16.9 Å². The van der Waals surface area contributed by atoms with Gasteiger partial charge in [-0.1, -0.05) is 12.1 Å². The first-order valence-electron chi connectivity index (χ1n) is 7.95. The Bertz CT molecular complexity index is 1010. The van der Waals surface area contributed by atoms with Gasteiger partial charge in [-0.15, -0.1) is 0 Å². The Labute approximate surface area is 149 Å². The van der Waals surface area contributed by atoms with Gasteiger partial charge < -0.3 is 19.2 Å². The van der Waals surface area contributed by atoms with Crippen LogP contribution < -0.4 is 15.0 Å². The summed E-state index contributed by atoms with van der Waals surface area (Å²) >= 11 is 0. The van der Waals surface area contributed by atoms with E-state index in [-0.39, 0.29) is 16.9 Å². The van der Waals surface area contributed by atoms with Crippen molar-refractivity contribution in [3.05, 3.63) is 64.2 Å². The van der Waals surface area contributed by atoms with Crippen LogP contribution in [-0.4, -0.2) is 30.2 Å². The number of hydrogen-bond acceptors (Lipinski definition) is 6. The molecule has 0 fully saturated rings. The second-order valence-corrected chi connectivity index (χ2v) is 5.58. The van der Waals surface area contributed by atoms with Gasteiger partial charge in [0, 0.05) is 6.07 Å². The number of methoxy groups -OCH3 is 2. The van der Waals surface area contributed by atoms with Gasteiger partial charge in [0.15, 0.2) is 11.9 Å². The number of aromatic nitrogens is 2. The minimum Gasteiger partial charge on any atom is -0.497 e. The second kappa shape index (κ2) is 7.26. The Morgan fingerprint density at radius 3 is 2.62 bits per heavy atom. The molecule has 0 aliphatic rings. The molecule has 0 radical (unpaired) electrons. The van der Waals surface area contributed by atoms with E-state index in [2.05, 4.69) is 9.97 Å². The predicted molar refractivity (Wildman–Crippen MR) is 95.7 cm³/mol. The molecule has 1 N–H and O–H groups in total. The smallest absolute Gasteiger partial charge is 0.342 e. The first-order valence-corrected chi connectivity index (χ1v) is 7.95. The summed E-state index contributed by atoms with van der Waals surface area (Å²) in [5, 5.41) is 0.478. The van der Waals surface area contributed by atoms with E-state index in [0.29, 0.717) is 22.4 Å². The standard InChI is InChI=1S/C19H18N2O5/c1-11(17-20-15-7-5-4-6-13(15)18(22)21-17)26-19(23)14-9-8-12(24-2)10-16(14)25-3/h4-11H,1-3H3,(H,20,21,22)/t11-/m0/s1. The number of para-hydroxylation sites is 1. The van der Waals surface area contributed by atoms with Crippen LogP contribution in [0, 0.1) is 0 Å². The number of aromatic amines is 1. The van der Waals surface area contributed by atoms with Gasteiger partial charge in [-0.2, -0.15) is 0 Å². The van der Waals surface area contributed by atoms with E-state index >= 15 is 0 Å². The van der Waals surface area contributed by atoms with Crippen molar-refractivity contribution in [2.45, 2.75) is 13.0 Å². The highest BCUT2D eigenvalue weighted by molar-refractivity contribution is 5.93. The Morgan fingerprint density at radius 2 is 1.88 bits per heavy atom. The van der Waals surface area contributed by atoms with Crippen molar-refractivity contribution in [2.75, 3.05) is 14.2 Å². The topological polar surface area (TPSA) is 90.5 Å². The molecule has 0 saturated heterocycles. The Hall–Kier alpha value is -3.35. The van der Waals surface area contributed by atoms with Crippen molar-refractivity contribution in [3.63, 3.8) is 0 Å². The lowest BCUT2D eigenvalue weighted by Gasteiger charge is -2.15. The van der Waals surface area contributed by atoms with Crippen LogP contribution in [0.25, 0.3) is 10.9 Å². The molecule has 0 amide bonds. The number of esters is 1. The summed E-state index contributed by atoms with van der Waals surface area (Å²) in [4.78, 5) is 31.7. The van der Waals surface area contributed by atoms with Gasteiger partial charge in [0.1, 0.15) is 17.1 Å². The van der Waals surface area contributed by atoms with E-state index in [0.717, 1.165) is 0 Å². The molecule has 0 saturated carbocycles. The number of benzene rings is 2. The summed E-state index contributed by atoms with van der Waals surface area (Å²) < 4.78 is 15.8. The van der Waals surface area contributed by atoms with Gasteiger partial charge >= 0.3 is 5.97 Å². The van der Waals surface area contributed by atoms with Crippen molar-refractivity contribution < 1.29 is 19.0 Å². The maximum atomic E-state index is 12.5. The number of carbonyl (C=O) groups is 1. The summed E-state index contributed by atoms with van der Waals surface area (Å²) in [6.07, 6.45) is -0.744. The monoisotopic (exact) mass is 354 g/mol. The Kier molecular flexibility index (Phi) is 4.88.